The number of hydrogen-bond donors (Lipinski definition) is 0. The SMILES string of the molecule is C=C(CCl)CN(CC)CC1CC1. The molecule has 0 heterocycles. The van der Waals surface area contributed by atoms with Crippen LogP contribution >= 0.6 is 11.6 Å². The normalized spacial score (nSPS) is 16.9. The van der Waals surface area contributed by atoms with Gasteiger partial charge in [-0.2, -0.15) is 0 Å². The molecule has 1 aliphatic carbocycles. The Bertz CT molecular complexity index is 152. The molecule has 0 saturated heterocycles. The standard InChI is InChI=1S/C10H18ClN/c1-3-12(7-9(2)6-11)8-10-4-5-10/h10H,2-8H2,1H3. The highest BCUT2D eigenvalue weighted by molar-refractivity contribution is 6.19. The molecule has 1 aliphatic rings. The summed E-state index contributed by atoms with van der Waals surface area (Å²) in [4.78, 5) is 2.43. The first-order valence-corrected chi connectivity index (χ1v) is 5.24. The van der Waals surface area contributed by atoms with Crippen molar-refractivity contribution in [2.75, 3.05) is 25.5 Å². The van der Waals surface area contributed by atoms with Crippen molar-refractivity contribution in [2.24, 2.45) is 5.92 Å². The van der Waals surface area contributed by atoms with Gasteiger partial charge in [-0.1, -0.05) is 13.5 Å². The van der Waals surface area contributed by atoms with Gasteiger partial charge in [-0.25, -0.2) is 0 Å². The van der Waals surface area contributed by atoms with Gasteiger partial charge in [-0.05, 0) is 30.9 Å². The van der Waals surface area contributed by atoms with E-state index in [0.29, 0.717) is 5.88 Å². The molecule has 0 atom stereocenters. The summed E-state index contributed by atoms with van der Waals surface area (Å²) < 4.78 is 0. The third kappa shape index (κ3) is 3.59. The molecule has 0 N–H and O–H groups in total. The Morgan fingerprint density at radius 1 is 1.58 bits per heavy atom. The second-order valence-electron chi connectivity index (χ2n) is 3.65. The van der Waals surface area contributed by atoms with E-state index in [4.69, 9.17) is 11.6 Å². The Hall–Kier alpha value is -0.0100. The summed E-state index contributed by atoms with van der Waals surface area (Å²) in [6, 6.07) is 0. The maximum absolute atomic E-state index is 5.68. The summed E-state index contributed by atoms with van der Waals surface area (Å²) in [5.41, 5.74) is 1.14. The van der Waals surface area contributed by atoms with Crippen LogP contribution in [-0.4, -0.2) is 30.4 Å². The Labute approximate surface area is 80.4 Å². The van der Waals surface area contributed by atoms with Crippen LogP contribution < -0.4 is 0 Å². The van der Waals surface area contributed by atoms with Gasteiger partial charge in [0.25, 0.3) is 0 Å². The van der Waals surface area contributed by atoms with Crippen LogP contribution in [0.1, 0.15) is 19.8 Å². The lowest BCUT2D eigenvalue weighted by molar-refractivity contribution is 0.300. The predicted octanol–water partition coefficient (Wildman–Crippen LogP) is 2.51. The van der Waals surface area contributed by atoms with E-state index in [0.717, 1.165) is 24.6 Å². The van der Waals surface area contributed by atoms with E-state index in [1.165, 1.54) is 19.4 Å². The minimum atomic E-state index is 0.598. The number of nitrogens with zero attached hydrogens (tertiary/aromatic N) is 1. The van der Waals surface area contributed by atoms with Crippen LogP contribution in [0.4, 0.5) is 0 Å². The molecule has 1 saturated carbocycles. The van der Waals surface area contributed by atoms with Crippen LogP contribution in [0.25, 0.3) is 0 Å². The largest absolute Gasteiger partial charge is 0.299 e. The third-order valence-corrected chi connectivity index (χ3v) is 2.67. The average Bonchev–Trinajstić information content (AvgIpc) is 2.86. The van der Waals surface area contributed by atoms with Crippen LogP contribution in [-0.2, 0) is 0 Å². The molecule has 12 heavy (non-hydrogen) atoms. The summed E-state index contributed by atoms with van der Waals surface area (Å²) in [5, 5.41) is 0. The summed E-state index contributed by atoms with van der Waals surface area (Å²) in [7, 11) is 0. The van der Waals surface area contributed by atoms with Crippen molar-refractivity contribution in [2.45, 2.75) is 19.8 Å². The van der Waals surface area contributed by atoms with Gasteiger partial charge in [-0.15, -0.1) is 11.6 Å². The molecule has 0 unspecified atom stereocenters. The van der Waals surface area contributed by atoms with Gasteiger partial charge in [-0.3, -0.25) is 4.90 Å². The number of halogens is 1. The van der Waals surface area contributed by atoms with Crippen molar-refractivity contribution in [3.63, 3.8) is 0 Å². The van der Waals surface area contributed by atoms with Crippen molar-refractivity contribution in [1.82, 2.24) is 4.90 Å². The predicted molar refractivity (Wildman–Crippen MR) is 54.7 cm³/mol. The fraction of sp³-hybridized carbons (Fsp3) is 0.800. The average molecular weight is 188 g/mol. The quantitative estimate of drug-likeness (QED) is 0.456. The van der Waals surface area contributed by atoms with E-state index in [2.05, 4.69) is 18.4 Å². The topological polar surface area (TPSA) is 3.24 Å². The lowest BCUT2D eigenvalue weighted by Gasteiger charge is -2.20. The zero-order chi connectivity index (χ0) is 8.97. The van der Waals surface area contributed by atoms with Gasteiger partial charge < -0.3 is 0 Å². The van der Waals surface area contributed by atoms with Gasteiger partial charge in [0.05, 0.1) is 0 Å². The minimum Gasteiger partial charge on any atom is -0.299 e. The molecule has 0 amide bonds. The van der Waals surface area contributed by atoms with Crippen LogP contribution in [0.2, 0.25) is 0 Å². The van der Waals surface area contributed by atoms with Crippen LogP contribution in [0.5, 0.6) is 0 Å². The van der Waals surface area contributed by atoms with E-state index >= 15 is 0 Å². The van der Waals surface area contributed by atoms with Crippen molar-refractivity contribution in [3.8, 4) is 0 Å². The van der Waals surface area contributed by atoms with Crippen LogP contribution in [0.3, 0.4) is 0 Å². The zero-order valence-electron chi connectivity index (χ0n) is 7.85. The highest BCUT2D eigenvalue weighted by Gasteiger charge is 2.23. The Kier molecular flexibility index (Phi) is 4.10. The van der Waals surface area contributed by atoms with E-state index < -0.39 is 0 Å². The number of likely N-dealkylation sites (N-methyl/N-ethyl adjacent to an activating group) is 1. The minimum absolute atomic E-state index is 0.598. The van der Waals surface area contributed by atoms with Crippen LogP contribution in [0.15, 0.2) is 12.2 Å². The monoisotopic (exact) mass is 187 g/mol. The molecule has 0 spiro atoms. The molecular weight excluding hydrogens is 170 g/mol. The van der Waals surface area contributed by atoms with E-state index in [-0.39, 0.29) is 0 Å². The van der Waals surface area contributed by atoms with Gasteiger partial charge >= 0.3 is 0 Å². The molecule has 1 nitrogen and oxygen atoms in total. The number of hydrogen-bond acceptors (Lipinski definition) is 1. The maximum atomic E-state index is 5.68. The molecule has 0 radical (unpaired) electrons. The van der Waals surface area contributed by atoms with E-state index in [1.807, 2.05) is 0 Å². The molecule has 0 aromatic heterocycles. The molecule has 0 aromatic carbocycles. The van der Waals surface area contributed by atoms with Crippen LogP contribution in [0, 0.1) is 5.92 Å². The summed E-state index contributed by atoms with van der Waals surface area (Å²) >= 11 is 5.68. The molecule has 0 aliphatic heterocycles. The first-order chi connectivity index (χ1) is 5.76. The summed E-state index contributed by atoms with van der Waals surface area (Å²) in [6.45, 7) is 9.46. The lowest BCUT2D eigenvalue weighted by Crippen LogP contribution is -2.28. The lowest BCUT2D eigenvalue weighted by atomic mass is 10.3. The van der Waals surface area contributed by atoms with Gasteiger partial charge in [0.1, 0.15) is 0 Å². The number of rotatable bonds is 6. The Balaban J connectivity index is 2.18. The molecule has 1 fully saturated rings. The van der Waals surface area contributed by atoms with Gasteiger partial charge in [0, 0.05) is 19.0 Å². The molecular formula is C10H18ClN. The highest BCUT2D eigenvalue weighted by Crippen LogP contribution is 2.29. The van der Waals surface area contributed by atoms with Crippen molar-refractivity contribution < 1.29 is 0 Å². The fourth-order valence-corrected chi connectivity index (χ4v) is 1.41. The van der Waals surface area contributed by atoms with Crippen molar-refractivity contribution >= 4 is 11.6 Å². The first kappa shape index (κ1) is 10.1. The van der Waals surface area contributed by atoms with E-state index in [9.17, 15) is 0 Å². The molecule has 0 bridgehead atoms. The Morgan fingerprint density at radius 3 is 2.67 bits per heavy atom. The first-order valence-electron chi connectivity index (χ1n) is 4.71. The zero-order valence-corrected chi connectivity index (χ0v) is 8.61. The highest BCUT2D eigenvalue weighted by atomic mass is 35.5. The van der Waals surface area contributed by atoms with E-state index in [1.54, 1.807) is 0 Å². The third-order valence-electron chi connectivity index (χ3n) is 2.30. The maximum Gasteiger partial charge on any atom is 0.0443 e. The van der Waals surface area contributed by atoms with Crippen molar-refractivity contribution in [1.29, 1.82) is 0 Å². The molecule has 70 valence electrons. The second-order valence-corrected chi connectivity index (χ2v) is 3.92. The van der Waals surface area contributed by atoms with Crippen molar-refractivity contribution in [3.05, 3.63) is 12.2 Å². The number of alkyl halides is 1. The second kappa shape index (κ2) is 4.88. The smallest absolute Gasteiger partial charge is 0.0443 e. The van der Waals surface area contributed by atoms with Gasteiger partial charge in [0.15, 0.2) is 0 Å². The summed E-state index contributed by atoms with van der Waals surface area (Å²) in [6.07, 6.45) is 2.84. The molecule has 0 aromatic rings. The summed E-state index contributed by atoms with van der Waals surface area (Å²) in [5.74, 6) is 1.56. The fourth-order valence-electron chi connectivity index (χ4n) is 1.33. The van der Waals surface area contributed by atoms with Gasteiger partial charge in [0.2, 0.25) is 0 Å². The molecule has 1 rings (SSSR count). The molecule has 2 heteroatoms. The Morgan fingerprint density at radius 2 is 2.25 bits per heavy atom.